The number of ether oxygens (including phenoxy) is 3. The Morgan fingerprint density at radius 1 is 1.16 bits per heavy atom. The van der Waals surface area contributed by atoms with Crippen LogP contribution in [0, 0.1) is 5.82 Å². The van der Waals surface area contributed by atoms with Gasteiger partial charge in [0.25, 0.3) is 0 Å². The van der Waals surface area contributed by atoms with Crippen LogP contribution in [-0.2, 0) is 11.3 Å². The number of anilines is 1. The highest BCUT2D eigenvalue weighted by molar-refractivity contribution is 14.0. The third-order valence-electron chi connectivity index (χ3n) is 3.99. The van der Waals surface area contributed by atoms with Gasteiger partial charge in [0.1, 0.15) is 11.6 Å². The quantitative estimate of drug-likeness (QED) is 0.278. The number of nitrogens with one attached hydrogen (secondary N) is 3. The molecule has 3 rings (SSSR count). The number of aliphatic imine (C=N–C) groups is 1. The third kappa shape index (κ3) is 7.08. The Labute approximate surface area is 193 Å². The summed E-state index contributed by atoms with van der Waals surface area (Å²) in [6, 6.07) is 8.19. The highest BCUT2D eigenvalue weighted by Gasteiger charge is 2.20. The molecule has 0 atom stereocenters. The van der Waals surface area contributed by atoms with E-state index in [2.05, 4.69) is 25.7 Å². The summed E-state index contributed by atoms with van der Waals surface area (Å²) in [4.78, 5) is 16.0. The Hall–Kier alpha value is -2.90. The second-order valence-electron chi connectivity index (χ2n) is 6.03. The molecular formula is C19H20F3IN4O4. The topological polar surface area (TPSA) is 93.2 Å². The molecule has 1 aliphatic rings. The van der Waals surface area contributed by atoms with E-state index >= 15 is 0 Å². The highest BCUT2D eigenvalue weighted by Crippen LogP contribution is 2.38. The SMILES string of the molecule is CN=C(NCC(=O)Nc1ccc(F)cc1)NCc1cc2c(cc1OC(F)F)OCO2.I. The van der Waals surface area contributed by atoms with E-state index in [1.807, 2.05) is 0 Å². The van der Waals surface area contributed by atoms with Crippen molar-refractivity contribution >= 4 is 41.5 Å². The van der Waals surface area contributed by atoms with Crippen molar-refractivity contribution in [3.63, 3.8) is 0 Å². The fraction of sp³-hybridized carbons (Fsp3) is 0.263. The lowest BCUT2D eigenvalue weighted by Crippen LogP contribution is -2.41. The summed E-state index contributed by atoms with van der Waals surface area (Å²) in [5.74, 6) is 0.129. The number of fused-ring (bicyclic) bond motifs is 1. The van der Waals surface area contributed by atoms with E-state index in [1.54, 1.807) is 0 Å². The van der Waals surface area contributed by atoms with Gasteiger partial charge in [-0.05, 0) is 30.3 Å². The van der Waals surface area contributed by atoms with Gasteiger partial charge < -0.3 is 30.2 Å². The molecule has 0 bridgehead atoms. The number of hydrogen-bond acceptors (Lipinski definition) is 5. The van der Waals surface area contributed by atoms with E-state index < -0.39 is 12.4 Å². The van der Waals surface area contributed by atoms with E-state index in [9.17, 15) is 18.0 Å². The van der Waals surface area contributed by atoms with Crippen LogP contribution >= 0.6 is 24.0 Å². The molecule has 3 N–H and O–H groups in total. The lowest BCUT2D eigenvalue weighted by atomic mass is 10.1. The number of nitrogens with zero attached hydrogens (tertiary/aromatic N) is 1. The Balaban J connectivity index is 0.00000341. The number of carbonyl (C=O) groups excluding carboxylic acids is 1. The van der Waals surface area contributed by atoms with Gasteiger partial charge in [0, 0.05) is 30.9 Å². The Kier molecular flexibility index (Phi) is 9.03. The van der Waals surface area contributed by atoms with Crippen LogP contribution in [0.2, 0.25) is 0 Å². The number of rotatable bonds is 7. The average Bonchev–Trinajstić information content (AvgIpc) is 3.16. The number of amides is 1. The average molecular weight is 552 g/mol. The summed E-state index contributed by atoms with van der Waals surface area (Å²) in [5, 5.41) is 8.29. The monoisotopic (exact) mass is 552 g/mol. The van der Waals surface area contributed by atoms with Crippen LogP contribution in [0.25, 0.3) is 0 Å². The first-order valence-electron chi connectivity index (χ1n) is 8.82. The van der Waals surface area contributed by atoms with Crippen molar-refractivity contribution in [1.82, 2.24) is 10.6 Å². The molecule has 31 heavy (non-hydrogen) atoms. The molecule has 1 amide bonds. The molecule has 1 heterocycles. The minimum atomic E-state index is -3.00. The van der Waals surface area contributed by atoms with Gasteiger partial charge >= 0.3 is 6.61 Å². The number of carbonyl (C=O) groups is 1. The lowest BCUT2D eigenvalue weighted by molar-refractivity contribution is -0.115. The normalized spacial score (nSPS) is 12.2. The zero-order valence-electron chi connectivity index (χ0n) is 16.3. The van der Waals surface area contributed by atoms with Gasteiger partial charge in [0.15, 0.2) is 17.5 Å². The molecule has 12 heteroatoms. The van der Waals surface area contributed by atoms with Crippen LogP contribution in [-0.4, -0.2) is 38.9 Å². The van der Waals surface area contributed by atoms with Gasteiger partial charge in [-0.1, -0.05) is 0 Å². The van der Waals surface area contributed by atoms with Gasteiger partial charge in [0.2, 0.25) is 12.7 Å². The number of guanidine groups is 1. The van der Waals surface area contributed by atoms with E-state index in [0.29, 0.717) is 22.7 Å². The zero-order chi connectivity index (χ0) is 21.5. The van der Waals surface area contributed by atoms with Crippen LogP contribution in [0.15, 0.2) is 41.4 Å². The second kappa shape index (κ2) is 11.5. The Bertz CT molecular complexity index is 929. The molecule has 168 valence electrons. The first-order valence-corrected chi connectivity index (χ1v) is 8.82. The fourth-order valence-corrected chi connectivity index (χ4v) is 2.61. The molecule has 0 aliphatic carbocycles. The number of benzene rings is 2. The maximum atomic E-state index is 12.9. The Morgan fingerprint density at radius 3 is 2.48 bits per heavy atom. The van der Waals surface area contributed by atoms with E-state index in [4.69, 9.17) is 9.47 Å². The number of halogens is 4. The van der Waals surface area contributed by atoms with Gasteiger partial charge in [0.05, 0.1) is 6.54 Å². The van der Waals surface area contributed by atoms with Crippen LogP contribution in [0.4, 0.5) is 18.9 Å². The van der Waals surface area contributed by atoms with Crippen LogP contribution in [0.3, 0.4) is 0 Å². The molecule has 2 aromatic carbocycles. The van der Waals surface area contributed by atoms with Crippen molar-refractivity contribution in [2.45, 2.75) is 13.2 Å². The van der Waals surface area contributed by atoms with Crippen molar-refractivity contribution in [1.29, 1.82) is 0 Å². The van der Waals surface area contributed by atoms with Gasteiger partial charge in [-0.15, -0.1) is 24.0 Å². The standard InChI is InChI=1S/C19H19F3N4O4.HI/c1-23-19(25-9-17(27)26-13-4-2-12(20)3-5-13)24-8-11-6-15-16(29-10-28-15)7-14(11)30-18(21)22;/h2-7,18H,8-10H2,1H3,(H,26,27)(H2,23,24,25);1H. The van der Waals surface area contributed by atoms with Crippen molar-refractivity contribution in [3.8, 4) is 17.2 Å². The smallest absolute Gasteiger partial charge is 0.387 e. The maximum Gasteiger partial charge on any atom is 0.387 e. The molecular weight excluding hydrogens is 532 g/mol. The van der Waals surface area contributed by atoms with Crippen molar-refractivity contribution in [2.24, 2.45) is 4.99 Å². The molecule has 0 radical (unpaired) electrons. The van der Waals surface area contributed by atoms with Crippen LogP contribution in [0.5, 0.6) is 17.2 Å². The minimum absolute atomic E-state index is 0. The molecule has 0 fully saturated rings. The molecule has 8 nitrogen and oxygen atoms in total. The summed E-state index contributed by atoms with van der Waals surface area (Å²) in [6.45, 7) is -3.07. The number of hydrogen-bond donors (Lipinski definition) is 3. The van der Waals surface area contributed by atoms with E-state index in [-0.39, 0.29) is 61.5 Å². The van der Waals surface area contributed by atoms with Crippen LogP contribution in [0.1, 0.15) is 5.56 Å². The van der Waals surface area contributed by atoms with Gasteiger partial charge in [-0.3, -0.25) is 9.79 Å². The second-order valence-corrected chi connectivity index (χ2v) is 6.03. The summed E-state index contributed by atoms with van der Waals surface area (Å²) in [7, 11) is 1.49. The highest BCUT2D eigenvalue weighted by atomic mass is 127. The van der Waals surface area contributed by atoms with E-state index in [0.717, 1.165) is 0 Å². The maximum absolute atomic E-state index is 12.9. The summed E-state index contributed by atoms with van der Waals surface area (Å²) >= 11 is 0. The minimum Gasteiger partial charge on any atom is -0.454 e. The summed E-state index contributed by atoms with van der Waals surface area (Å²) < 4.78 is 53.3. The summed E-state index contributed by atoms with van der Waals surface area (Å²) in [5.41, 5.74) is 0.832. The molecule has 1 aliphatic heterocycles. The van der Waals surface area contributed by atoms with Gasteiger partial charge in [-0.2, -0.15) is 8.78 Å². The fourth-order valence-electron chi connectivity index (χ4n) is 2.61. The summed E-state index contributed by atoms with van der Waals surface area (Å²) in [6.07, 6.45) is 0. The molecule has 2 aromatic rings. The molecule has 0 saturated carbocycles. The lowest BCUT2D eigenvalue weighted by Gasteiger charge is -2.15. The molecule has 0 aromatic heterocycles. The molecule has 0 unspecified atom stereocenters. The molecule has 0 spiro atoms. The molecule has 0 saturated heterocycles. The largest absolute Gasteiger partial charge is 0.454 e. The number of alkyl halides is 2. The van der Waals surface area contributed by atoms with Crippen molar-refractivity contribution in [2.75, 3.05) is 25.7 Å². The van der Waals surface area contributed by atoms with E-state index in [1.165, 1.54) is 43.4 Å². The van der Waals surface area contributed by atoms with Crippen molar-refractivity contribution < 1.29 is 32.2 Å². The first-order chi connectivity index (χ1) is 14.4. The Morgan fingerprint density at radius 2 is 1.84 bits per heavy atom. The predicted octanol–water partition coefficient (Wildman–Crippen LogP) is 3.08. The first kappa shape index (κ1) is 24.4. The zero-order valence-corrected chi connectivity index (χ0v) is 18.6. The van der Waals surface area contributed by atoms with Crippen molar-refractivity contribution in [3.05, 3.63) is 47.8 Å². The van der Waals surface area contributed by atoms with Crippen LogP contribution < -0.4 is 30.2 Å². The van der Waals surface area contributed by atoms with Gasteiger partial charge in [-0.25, -0.2) is 4.39 Å². The third-order valence-corrected chi connectivity index (χ3v) is 3.99. The predicted molar refractivity (Wildman–Crippen MR) is 118 cm³/mol.